The molecule has 0 spiro atoms. The van der Waals surface area contributed by atoms with Gasteiger partial charge in [-0.25, -0.2) is 15.0 Å². The van der Waals surface area contributed by atoms with E-state index in [9.17, 15) is 4.79 Å². The Labute approximate surface area is 230 Å². The molecule has 3 rings (SSSR count). The van der Waals surface area contributed by atoms with Crippen LogP contribution < -0.4 is 5.32 Å². The second kappa shape index (κ2) is 10.1. The summed E-state index contributed by atoms with van der Waals surface area (Å²) in [7, 11) is -4.12. The minimum absolute atomic E-state index is 0.0232. The molecule has 1 N–H and O–H groups in total. The van der Waals surface area contributed by atoms with E-state index >= 15 is 0 Å². The fraction of sp³-hybridized carbons (Fsp3) is 0.704. The number of anilines is 1. The molecule has 0 bridgehead atoms. The number of hydrogen-bond donors (Lipinski definition) is 1. The number of nitrogens with zero attached hydrogens (tertiary/aromatic N) is 4. The molecular formula is C27H47N5O4Si2. The maximum atomic E-state index is 12.6. The Balaban J connectivity index is 1.96. The first-order chi connectivity index (χ1) is 17.1. The molecule has 1 aliphatic heterocycles. The monoisotopic (exact) mass is 561 g/mol. The van der Waals surface area contributed by atoms with Crippen LogP contribution in [-0.4, -0.2) is 54.8 Å². The van der Waals surface area contributed by atoms with Crippen LogP contribution in [0.25, 0.3) is 11.2 Å². The third-order valence-corrected chi connectivity index (χ3v) is 17.0. The Kier molecular flexibility index (Phi) is 8.13. The summed E-state index contributed by atoms with van der Waals surface area (Å²) in [4.78, 5) is 26.0. The lowest BCUT2D eigenvalue weighted by Gasteiger charge is -2.39. The lowest BCUT2D eigenvalue weighted by molar-refractivity contribution is -0.123. The molecule has 2 aromatic rings. The summed E-state index contributed by atoms with van der Waals surface area (Å²) < 4.78 is 21.7. The van der Waals surface area contributed by atoms with Crippen molar-refractivity contribution in [3.05, 3.63) is 24.5 Å². The van der Waals surface area contributed by atoms with E-state index in [2.05, 4.69) is 88.0 Å². The number of amides is 1. The number of fused-ring (bicyclic) bond motifs is 1. The van der Waals surface area contributed by atoms with Crippen LogP contribution in [0.15, 0.2) is 24.5 Å². The molecule has 0 saturated carbocycles. The van der Waals surface area contributed by atoms with Gasteiger partial charge in [0.15, 0.2) is 33.6 Å². The van der Waals surface area contributed by atoms with Gasteiger partial charge < -0.3 is 18.9 Å². The molecule has 11 heteroatoms. The Hall–Kier alpha value is -2.09. The van der Waals surface area contributed by atoms with Crippen LogP contribution in [0.1, 0.15) is 68.5 Å². The van der Waals surface area contributed by atoms with E-state index in [0.717, 1.165) is 5.76 Å². The van der Waals surface area contributed by atoms with Crippen LogP contribution in [0.5, 0.6) is 0 Å². The molecule has 3 heterocycles. The lowest BCUT2D eigenvalue weighted by atomic mass is 9.96. The van der Waals surface area contributed by atoms with Gasteiger partial charge in [0.1, 0.15) is 24.5 Å². The first-order valence-corrected chi connectivity index (χ1v) is 19.1. The molecule has 1 aliphatic rings. The maximum Gasteiger partial charge on any atom is 0.230 e. The fourth-order valence-corrected chi connectivity index (χ4v) is 5.48. The number of rotatable bonds is 7. The summed E-state index contributed by atoms with van der Waals surface area (Å²) in [6.07, 6.45) is 4.33. The average molecular weight is 562 g/mol. The quantitative estimate of drug-likeness (QED) is 0.378. The van der Waals surface area contributed by atoms with E-state index in [1.807, 2.05) is 31.4 Å². The molecule has 0 saturated heterocycles. The Bertz CT molecular complexity index is 1200. The van der Waals surface area contributed by atoms with Gasteiger partial charge in [-0.3, -0.25) is 9.36 Å². The van der Waals surface area contributed by atoms with Gasteiger partial charge in [-0.15, -0.1) is 0 Å². The third kappa shape index (κ3) is 6.38. The van der Waals surface area contributed by atoms with Crippen molar-refractivity contribution in [1.82, 2.24) is 19.5 Å². The zero-order valence-corrected chi connectivity index (χ0v) is 27.5. The summed E-state index contributed by atoms with van der Waals surface area (Å²) in [6, 6.07) is 0. The summed E-state index contributed by atoms with van der Waals surface area (Å²) in [5.74, 6) is 0.985. The van der Waals surface area contributed by atoms with Crippen molar-refractivity contribution in [1.29, 1.82) is 0 Å². The zero-order chi connectivity index (χ0) is 28.9. The molecule has 0 unspecified atom stereocenters. The first-order valence-electron chi connectivity index (χ1n) is 13.3. The standard InChI is InChI=1S/C27H47N5O4Si2/c1-25(2,3)24(33)31-21-20-22(29-16-28-21)32(17-30-20)23-19(36-38(12,13)27(7,8)9)14-18(35-23)15-34-37(10,11)26(4,5)6/h14,16-17,19,23H,15H2,1-13H3,(H,28,29,31,33)/t19-,23-/m1/s1. The number of imidazole rings is 1. The molecule has 9 nitrogen and oxygen atoms in total. The van der Waals surface area contributed by atoms with E-state index in [0.29, 0.717) is 23.6 Å². The number of carbonyl (C=O) groups excluding carboxylic acids is 1. The van der Waals surface area contributed by atoms with E-state index in [1.54, 1.807) is 6.33 Å². The van der Waals surface area contributed by atoms with Gasteiger partial charge in [0, 0.05) is 5.41 Å². The predicted octanol–water partition coefficient (Wildman–Crippen LogP) is 6.64. The van der Waals surface area contributed by atoms with Crippen molar-refractivity contribution in [2.75, 3.05) is 11.9 Å². The normalized spacial score (nSPS) is 19.4. The van der Waals surface area contributed by atoms with Gasteiger partial charge >= 0.3 is 0 Å². The molecule has 1 amide bonds. The van der Waals surface area contributed by atoms with Gasteiger partial charge in [0.2, 0.25) is 12.1 Å². The molecule has 38 heavy (non-hydrogen) atoms. The molecule has 2 atom stereocenters. The van der Waals surface area contributed by atoms with Gasteiger partial charge in [-0.1, -0.05) is 62.3 Å². The highest BCUT2D eigenvalue weighted by atomic mass is 28.4. The lowest BCUT2D eigenvalue weighted by Crippen LogP contribution is -2.45. The summed E-state index contributed by atoms with van der Waals surface area (Å²) in [5, 5.41) is 3.01. The van der Waals surface area contributed by atoms with Gasteiger partial charge in [0.05, 0.1) is 6.61 Å². The SMILES string of the molecule is CC(C)(C)C(=O)Nc1ncnc2c1ncn2[C@@H]1OC(CO[Si](C)(C)C(C)(C)C)=C[C@H]1O[Si](C)(C)C(C)(C)C. The maximum absolute atomic E-state index is 12.6. The largest absolute Gasteiger partial charge is 0.469 e. The van der Waals surface area contributed by atoms with Crippen LogP contribution in [0.2, 0.25) is 36.3 Å². The van der Waals surface area contributed by atoms with Crippen LogP contribution in [0, 0.1) is 5.41 Å². The van der Waals surface area contributed by atoms with Gasteiger partial charge in [-0.05, 0) is 42.3 Å². The first kappa shape index (κ1) is 30.5. The number of ether oxygens (including phenoxy) is 1. The number of carbonyl (C=O) groups is 1. The molecule has 212 valence electrons. The number of aromatic nitrogens is 4. The minimum Gasteiger partial charge on any atom is -0.469 e. The molecule has 0 aromatic carbocycles. The van der Waals surface area contributed by atoms with Crippen molar-refractivity contribution < 1.29 is 18.4 Å². The van der Waals surface area contributed by atoms with Crippen molar-refractivity contribution in [2.24, 2.45) is 5.41 Å². The van der Waals surface area contributed by atoms with Crippen molar-refractivity contribution in [2.45, 2.75) is 111 Å². The van der Waals surface area contributed by atoms with E-state index in [4.69, 9.17) is 13.6 Å². The highest BCUT2D eigenvalue weighted by Gasteiger charge is 2.44. The second-order valence-corrected chi connectivity index (χ2v) is 23.8. The van der Waals surface area contributed by atoms with Crippen molar-refractivity contribution >= 4 is 39.5 Å². The van der Waals surface area contributed by atoms with Gasteiger partial charge in [-0.2, -0.15) is 0 Å². The van der Waals surface area contributed by atoms with E-state index in [1.165, 1.54) is 6.33 Å². The molecule has 2 aromatic heterocycles. The number of nitrogens with one attached hydrogen (secondary N) is 1. The Morgan fingerprint density at radius 2 is 1.58 bits per heavy atom. The van der Waals surface area contributed by atoms with Crippen LogP contribution in [0.3, 0.4) is 0 Å². The Morgan fingerprint density at radius 1 is 0.974 bits per heavy atom. The van der Waals surface area contributed by atoms with Crippen molar-refractivity contribution in [3.63, 3.8) is 0 Å². The fourth-order valence-electron chi connectivity index (χ4n) is 3.33. The van der Waals surface area contributed by atoms with Crippen molar-refractivity contribution in [3.8, 4) is 0 Å². The predicted molar refractivity (Wildman–Crippen MR) is 157 cm³/mol. The summed E-state index contributed by atoms with van der Waals surface area (Å²) in [5.41, 5.74) is 0.503. The molecule has 0 radical (unpaired) electrons. The topological polar surface area (TPSA) is 100 Å². The van der Waals surface area contributed by atoms with E-state index in [-0.39, 0.29) is 22.1 Å². The highest BCUT2D eigenvalue weighted by Crippen LogP contribution is 2.42. The van der Waals surface area contributed by atoms with Crippen LogP contribution in [0.4, 0.5) is 5.82 Å². The highest BCUT2D eigenvalue weighted by molar-refractivity contribution is 6.74. The molecule has 0 fully saturated rings. The second-order valence-electron chi connectivity index (χ2n) is 14.3. The smallest absolute Gasteiger partial charge is 0.230 e. The summed E-state index contributed by atoms with van der Waals surface area (Å²) in [6.45, 7) is 28.2. The average Bonchev–Trinajstić information content (AvgIpc) is 3.34. The zero-order valence-electron chi connectivity index (χ0n) is 25.5. The van der Waals surface area contributed by atoms with E-state index < -0.39 is 28.3 Å². The minimum atomic E-state index is -2.14. The molecular weight excluding hydrogens is 515 g/mol. The number of hydrogen-bond acceptors (Lipinski definition) is 7. The third-order valence-electron chi connectivity index (χ3n) is 8.07. The van der Waals surface area contributed by atoms with Crippen LogP contribution >= 0.6 is 0 Å². The Morgan fingerprint density at radius 3 is 2.13 bits per heavy atom. The summed E-state index contributed by atoms with van der Waals surface area (Å²) >= 11 is 0. The van der Waals surface area contributed by atoms with Gasteiger partial charge in [0.25, 0.3) is 0 Å². The molecule has 0 aliphatic carbocycles. The van der Waals surface area contributed by atoms with Crippen LogP contribution in [-0.2, 0) is 18.4 Å².